The average molecular weight is 363 g/mol. The van der Waals surface area contributed by atoms with Crippen LogP contribution in [0.15, 0.2) is 24.3 Å². The number of aryl methyl sites for hydroxylation is 1. The number of hydrogen-bond donors (Lipinski definition) is 1. The SMILES string of the molecule is Cc1nc(NC(=O)CCC(=O)c2ccc(F)cc2)sc1C(=O)N(C)C. The van der Waals surface area contributed by atoms with Gasteiger partial charge in [-0.25, -0.2) is 9.37 Å². The molecule has 0 fully saturated rings. The number of carbonyl (C=O) groups is 3. The Hall–Kier alpha value is -2.61. The normalized spacial score (nSPS) is 10.4. The smallest absolute Gasteiger partial charge is 0.265 e. The molecule has 0 saturated heterocycles. The lowest BCUT2D eigenvalue weighted by molar-refractivity contribution is -0.116. The van der Waals surface area contributed by atoms with E-state index in [4.69, 9.17) is 0 Å². The first kappa shape index (κ1) is 18.7. The molecule has 0 bridgehead atoms. The number of benzene rings is 1. The van der Waals surface area contributed by atoms with E-state index in [1.165, 1.54) is 29.2 Å². The van der Waals surface area contributed by atoms with Crippen LogP contribution < -0.4 is 5.32 Å². The van der Waals surface area contributed by atoms with Crippen molar-refractivity contribution in [2.24, 2.45) is 0 Å². The third-order valence-corrected chi connectivity index (χ3v) is 4.45. The first-order valence-electron chi connectivity index (χ1n) is 7.55. The van der Waals surface area contributed by atoms with Crippen LogP contribution in [0.2, 0.25) is 0 Å². The number of Topliss-reactive ketones (excluding diaryl/α,β-unsaturated/α-hetero) is 1. The van der Waals surface area contributed by atoms with Crippen LogP contribution in [0, 0.1) is 12.7 Å². The number of amides is 2. The van der Waals surface area contributed by atoms with E-state index < -0.39 is 5.82 Å². The molecule has 2 aromatic rings. The Labute approximate surface area is 148 Å². The monoisotopic (exact) mass is 363 g/mol. The minimum Gasteiger partial charge on any atom is -0.344 e. The number of ketones is 1. The lowest BCUT2D eigenvalue weighted by atomic mass is 10.1. The van der Waals surface area contributed by atoms with Gasteiger partial charge >= 0.3 is 0 Å². The molecular weight excluding hydrogens is 345 g/mol. The van der Waals surface area contributed by atoms with Gasteiger partial charge in [-0.1, -0.05) is 11.3 Å². The summed E-state index contributed by atoms with van der Waals surface area (Å²) < 4.78 is 12.8. The number of nitrogens with zero attached hydrogens (tertiary/aromatic N) is 2. The summed E-state index contributed by atoms with van der Waals surface area (Å²) in [6.45, 7) is 1.70. The second-order valence-electron chi connectivity index (χ2n) is 5.61. The van der Waals surface area contributed by atoms with Gasteiger partial charge in [-0.3, -0.25) is 14.4 Å². The highest BCUT2D eigenvalue weighted by atomic mass is 32.1. The van der Waals surface area contributed by atoms with Crippen molar-refractivity contribution in [2.45, 2.75) is 19.8 Å². The molecule has 0 saturated carbocycles. The Bertz CT molecular complexity index is 800. The molecule has 6 nitrogen and oxygen atoms in total. The van der Waals surface area contributed by atoms with Gasteiger partial charge in [0, 0.05) is 32.5 Å². The van der Waals surface area contributed by atoms with Crippen LogP contribution in [-0.2, 0) is 4.79 Å². The number of carbonyl (C=O) groups excluding carboxylic acids is 3. The Kier molecular flexibility index (Phi) is 5.97. The first-order chi connectivity index (χ1) is 11.8. The molecular formula is C17H18FN3O3S. The molecule has 132 valence electrons. The summed E-state index contributed by atoms with van der Waals surface area (Å²) in [5, 5.41) is 2.92. The van der Waals surface area contributed by atoms with Gasteiger partial charge in [-0.05, 0) is 31.2 Å². The highest BCUT2D eigenvalue weighted by Crippen LogP contribution is 2.23. The van der Waals surface area contributed by atoms with Crippen LogP contribution in [0.3, 0.4) is 0 Å². The minimum atomic E-state index is -0.420. The predicted octanol–water partition coefficient (Wildman–Crippen LogP) is 2.89. The fourth-order valence-electron chi connectivity index (χ4n) is 2.04. The molecule has 1 N–H and O–H groups in total. The Balaban J connectivity index is 1.92. The third-order valence-electron chi connectivity index (χ3n) is 3.39. The lowest BCUT2D eigenvalue weighted by Crippen LogP contribution is -2.21. The lowest BCUT2D eigenvalue weighted by Gasteiger charge is -2.07. The fraction of sp³-hybridized carbons (Fsp3) is 0.294. The van der Waals surface area contributed by atoms with E-state index in [-0.39, 0.29) is 30.4 Å². The first-order valence-corrected chi connectivity index (χ1v) is 8.37. The Morgan fingerprint density at radius 1 is 1.16 bits per heavy atom. The molecule has 1 aromatic heterocycles. The van der Waals surface area contributed by atoms with Gasteiger partial charge in [0.2, 0.25) is 5.91 Å². The number of rotatable bonds is 6. The molecule has 0 radical (unpaired) electrons. The molecule has 1 aromatic carbocycles. The number of nitrogens with one attached hydrogen (secondary N) is 1. The maximum Gasteiger partial charge on any atom is 0.265 e. The molecule has 0 aliphatic heterocycles. The second kappa shape index (κ2) is 7.98. The van der Waals surface area contributed by atoms with Crippen LogP contribution in [-0.4, -0.2) is 41.6 Å². The molecule has 25 heavy (non-hydrogen) atoms. The maximum atomic E-state index is 12.8. The van der Waals surface area contributed by atoms with Gasteiger partial charge in [0.25, 0.3) is 5.91 Å². The highest BCUT2D eigenvalue weighted by Gasteiger charge is 2.18. The molecule has 0 atom stereocenters. The number of anilines is 1. The van der Waals surface area contributed by atoms with Gasteiger partial charge < -0.3 is 10.2 Å². The van der Waals surface area contributed by atoms with Crippen molar-refractivity contribution in [3.8, 4) is 0 Å². The quantitative estimate of drug-likeness (QED) is 0.801. The van der Waals surface area contributed by atoms with E-state index in [9.17, 15) is 18.8 Å². The van der Waals surface area contributed by atoms with Crippen molar-refractivity contribution >= 4 is 34.1 Å². The van der Waals surface area contributed by atoms with E-state index in [0.29, 0.717) is 21.3 Å². The third kappa shape index (κ3) is 4.93. The summed E-state index contributed by atoms with van der Waals surface area (Å²) in [5.41, 5.74) is 0.902. The molecule has 0 spiro atoms. The van der Waals surface area contributed by atoms with E-state index in [1.54, 1.807) is 21.0 Å². The molecule has 0 aliphatic rings. The van der Waals surface area contributed by atoms with Crippen molar-refractivity contribution in [2.75, 3.05) is 19.4 Å². The van der Waals surface area contributed by atoms with Crippen molar-refractivity contribution in [1.29, 1.82) is 0 Å². The predicted molar refractivity (Wildman–Crippen MR) is 93.5 cm³/mol. The summed E-state index contributed by atoms with van der Waals surface area (Å²) >= 11 is 1.10. The molecule has 0 unspecified atom stereocenters. The summed E-state index contributed by atoms with van der Waals surface area (Å²) in [6, 6.07) is 5.18. The zero-order valence-electron chi connectivity index (χ0n) is 14.1. The molecule has 2 rings (SSSR count). The highest BCUT2D eigenvalue weighted by molar-refractivity contribution is 7.17. The minimum absolute atomic E-state index is 0.00527. The maximum absolute atomic E-state index is 12.8. The van der Waals surface area contributed by atoms with E-state index in [2.05, 4.69) is 10.3 Å². The summed E-state index contributed by atoms with van der Waals surface area (Å²) in [4.78, 5) is 42.0. The van der Waals surface area contributed by atoms with Crippen LogP contribution in [0.5, 0.6) is 0 Å². The second-order valence-corrected chi connectivity index (χ2v) is 6.61. The van der Waals surface area contributed by atoms with E-state index >= 15 is 0 Å². The zero-order chi connectivity index (χ0) is 18.6. The Morgan fingerprint density at radius 3 is 2.40 bits per heavy atom. The largest absolute Gasteiger partial charge is 0.344 e. The van der Waals surface area contributed by atoms with Gasteiger partial charge in [0.05, 0.1) is 5.69 Å². The number of aromatic nitrogens is 1. The zero-order valence-corrected chi connectivity index (χ0v) is 14.9. The number of hydrogen-bond acceptors (Lipinski definition) is 5. The van der Waals surface area contributed by atoms with Crippen molar-refractivity contribution in [3.05, 3.63) is 46.2 Å². The van der Waals surface area contributed by atoms with Crippen LogP contribution in [0.25, 0.3) is 0 Å². The summed E-state index contributed by atoms with van der Waals surface area (Å²) in [6.07, 6.45) is -0.0168. The van der Waals surface area contributed by atoms with Crippen LogP contribution in [0.4, 0.5) is 9.52 Å². The average Bonchev–Trinajstić information content (AvgIpc) is 2.92. The van der Waals surface area contributed by atoms with Crippen molar-refractivity contribution < 1.29 is 18.8 Å². The van der Waals surface area contributed by atoms with Gasteiger partial charge in [-0.2, -0.15) is 0 Å². The number of halogens is 1. The van der Waals surface area contributed by atoms with E-state index in [0.717, 1.165) is 11.3 Å². The molecule has 2 amide bonds. The van der Waals surface area contributed by atoms with Crippen LogP contribution >= 0.6 is 11.3 Å². The standard InChI is InChI=1S/C17H18FN3O3S/c1-10-15(16(24)21(2)3)25-17(19-10)20-14(23)9-8-13(22)11-4-6-12(18)7-5-11/h4-7H,8-9H2,1-3H3,(H,19,20,23). The number of thiazole rings is 1. The van der Waals surface area contributed by atoms with E-state index in [1.807, 2.05) is 0 Å². The molecule has 0 aliphatic carbocycles. The molecule has 1 heterocycles. The summed E-state index contributed by atoms with van der Waals surface area (Å²) in [5.74, 6) is -1.21. The van der Waals surface area contributed by atoms with Crippen molar-refractivity contribution in [1.82, 2.24) is 9.88 Å². The van der Waals surface area contributed by atoms with Gasteiger partial charge in [0.1, 0.15) is 10.7 Å². The molecule has 8 heteroatoms. The Morgan fingerprint density at radius 2 is 1.80 bits per heavy atom. The fourth-order valence-corrected chi connectivity index (χ4v) is 3.04. The topological polar surface area (TPSA) is 79.4 Å². The van der Waals surface area contributed by atoms with Crippen molar-refractivity contribution in [3.63, 3.8) is 0 Å². The van der Waals surface area contributed by atoms with Crippen LogP contribution in [0.1, 0.15) is 38.6 Å². The van der Waals surface area contributed by atoms with Gasteiger partial charge in [0.15, 0.2) is 10.9 Å². The van der Waals surface area contributed by atoms with Gasteiger partial charge in [-0.15, -0.1) is 0 Å². The summed E-state index contributed by atoms with van der Waals surface area (Å²) in [7, 11) is 3.28.